The summed E-state index contributed by atoms with van der Waals surface area (Å²) in [5.41, 5.74) is 1.82. The largest absolute Gasteiger partial charge is 0.466 e. The second-order valence-electron chi connectivity index (χ2n) is 7.14. The van der Waals surface area contributed by atoms with Crippen molar-refractivity contribution in [1.82, 2.24) is 5.32 Å². The maximum Gasteiger partial charge on any atom is 0.325 e. The second-order valence-corrected chi connectivity index (χ2v) is 7.14. The third kappa shape index (κ3) is 14.9. The fraction of sp³-hybridized carbons (Fsp3) is 0.609. The van der Waals surface area contributed by atoms with Crippen molar-refractivity contribution >= 4 is 23.7 Å². The maximum atomic E-state index is 11.9. The van der Waals surface area contributed by atoms with Gasteiger partial charge in [0.05, 0.1) is 13.2 Å². The number of benzene rings is 1. The van der Waals surface area contributed by atoms with Crippen molar-refractivity contribution in [2.45, 2.75) is 58.8 Å². The highest BCUT2D eigenvalue weighted by Crippen LogP contribution is 2.13. The number of urea groups is 1. The van der Waals surface area contributed by atoms with Gasteiger partial charge < -0.3 is 24.8 Å². The molecule has 0 atom stereocenters. The molecule has 0 bridgehead atoms. The molecule has 174 valence electrons. The van der Waals surface area contributed by atoms with E-state index in [0.29, 0.717) is 12.3 Å². The Labute approximate surface area is 185 Å². The average molecular weight is 437 g/mol. The van der Waals surface area contributed by atoms with E-state index in [9.17, 15) is 14.4 Å². The summed E-state index contributed by atoms with van der Waals surface area (Å²) in [5.74, 6) is -0.685. The zero-order chi connectivity index (χ0) is 22.7. The fourth-order valence-electron chi connectivity index (χ4n) is 2.86. The molecule has 2 amide bonds. The van der Waals surface area contributed by atoms with Crippen LogP contribution in [0.15, 0.2) is 24.3 Å². The molecule has 0 aliphatic rings. The summed E-state index contributed by atoms with van der Waals surface area (Å²) < 4.78 is 15.3. The second kappa shape index (κ2) is 17.1. The van der Waals surface area contributed by atoms with E-state index < -0.39 is 12.0 Å². The minimum absolute atomic E-state index is 0.159. The molecule has 0 unspecified atom stereocenters. The molecule has 1 aromatic carbocycles. The molecule has 0 saturated carbocycles. The lowest BCUT2D eigenvalue weighted by Crippen LogP contribution is -2.34. The predicted octanol–water partition coefficient (Wildman–Crippen LogP) is 3.83. The van der Waals surface area contributed by atoms with Crippen LogP contribution in [-0.4, -0.2) is 50.9 Å². The Morgan fingerprint density at radius 3 is 2.32 bits per heavy atom. The number of unbranched alkanes of at least 4 members (excludes halogenated alkanes) is 4. The highest BCUT2D eigenvalue weighted by atomic mass is 16.5. The molecule has 8 heteroatoms. The van der Waals surface area contributed by atoms with Crippen molar-refractivity contribution in [2.75, 3.05) is 38.3 Å². The highest BCUT2D eigenvalue weighted by Gasteiger charge is 2.06. The number of esters is 2. The summed E-state index contributed by atoms with van der Waals surface area (Å²) in [6.07, 6.45) is 6.92. The molecule has 0 heterocycles. The fourth-order valence-corrected chi connectivity index (χ4v) is 2.86. The van der Waals surface area contributed by atoms with Crippen molar-refractivity contribution in [3.05, 3.63) is 29.8 Å². The summed E-state index contributed by atoms with van der Waals surface area (Å²) in [4.78, 5) is 33.8. The Bertz CT molecular complexity index is 665. The van der Waals surface area contributed by atoms with Gasteiger partial charge in [0, 0.05) is 25.8 Å². The smallest absolute Gasteiger partial charge is 0.325 e. The van der Waals surface area contributed by atoms with E-state index in [4.69, 9.17) is 14.2 Å². The number of hydrogen-bond acceptors (Lipinski definition) is 6. The first-order chi connectivity index (χ1) is 15.0. The van der Waals surface area contributed by atoms with Crippen LogP contribution < -0.4 is 10.6 Å². The van der Waals surface area contributed by atoms with Crippen LogP contribution in [0, 0.1) is 0 Å². The lowest BCUT2D eigenvalue weighted by Gasteiger charge is -2.09. The molecule has 0 aliphatic carbocycles. The van der Waals surface area contributed by atoms with E-state index in [0.717, 1.165) is 63.7 Å². The SMILES string of the molecule is CCOC(=O)CNC(=O)Nc1cccc(CCCCOCCCCCCOC(C)=O)c1. The van der Waals surface area contributed by atoms with Crippen LogP contribution in [0.2, 0.25) is 0 Å². The standard InChI is InChI=1S/C23H36N2O6/c1-3-30-22(27)18-24-23(28)25-21-13-10-12-20(17-21)11-6-9-15-29-14-7-4-5-8-16-31-19(2)26/h10,12-13,17H,3-9,11,14-16,18H2,1-2H3,(H2,24,25,28). The first kappa shape index (κ1) is 26.4. The van der Waals surface area contributed by atoms with Crippen LogP contribution >= 0.6 is 0 Å². The Balaban J connectivity index is 2.08. The number of carbonyl (C=O) groups is 3. The van der Waals surface area contributed by atoms with E-state index in [1.54, 1.807) is 6.92 Å². The summed E-state index contributed by atoms with van der Waals surface area (Å²) in [7, 11) is 0. The first-order valence-electron chi connectivity index (χ1n) is 11.0. The number of hydrogen-bond donors (Lipinski definition) is 2. The van der Waals surface area contributed by atoms with Crippen LogP contribution in [0.1, 0.15) is 57.9 Å². The first-order valence-corrected chi connectivity index (χ1v) is 11.0. The molecule has 0 aromatic heterocycles. The third-order valence-electron chi connectivity index (χ3n) is 4.38. The van der Waals surface area contributed by atoms with Crippen LogP contribution in [0.4, 0.5) is 10.5 Å². The van der Waals surface area contributed by atoms with Crippen molar-refractivity contribution < 1.29 is 28.6 Å². The highest BCUT2D eigenvalue weighted by molar-refractivity contribution is 5.91. The summed E-state index contributed by atoms with van der Waals surface area (Å²) in [5, 5.41) is 5.19. The van der Waals surface area contributed by atoms with Crippen LogP contribution in [0.25, 0.3) is 0 Å². The Kier molecular flexibility index (Phi) is 14.6. The van der Waals surface area contributed by atoms with Gasteiger partial charge in [-0.1, -0.05) is 18.6 Å². The monoisotopic (exact) mass is 436 g/mol. The van der Waals surface area contributed by atoms with Gasteiger partial charge in [-0.3, -0.25) is 9.59 Å². The quantitative estimate of drug-likeness (QED) is 0.302. The molecule has 31 heavy (non-hydrogen) atoms. The Hall–Kier alpha value is -2.61. The number of carbonyl (C=O) groups excluding carboxylic acids is 3. The Morgan fingerprint density at radius 1 is 0.903 bits per heavy atom. The number of nitrogens with one attached hydrogen (secondary N) is 2. The molecule has 1 rings (SSSR count). The van der Waals surface area contributed by atoms with Crippen molar-refractivity contribution in [2.24, 2.45) is 0 Å². The minimum atomic E-state index is -0.465. The van der Waals surface area contributed by atoms with E-state index in [-0.39, 0.29) is 19.1 Å². The molecule has 0 spiro atoms. The van der Waals surface area contributed by atoms with Gasteiger partial charge in [-0.15, -0.1) is 0 Å². The summed E-state index contributed by atoms with van der Waals surface area (Å²) >= 11 is 0. The molecule has 0 saturated heterocycles. The lowest BCUT2D eigenvalue weighted by atomic mass is 10.1. The van der Waals surface area contributed by atoms with Gasteiger partial charge >= 0.3 is 18.0 Å². The minimum Gasteiger partial charge on any atom is -0.466 e. The van der Waals surface area contributed by atoms with Crippen molar-refractivity contribution in [3.8, 4) is 0 Å². The molecule has 8 nitrogen and oxygen atoms in total. The predicted molar refractivity (Wildman–Crippen MR) is 119 cm³/mol. The van der Waals surface area contributed by atoms with Gasteiger partial charge in [-0.2, -0.15) is 0 Å². The zero-order valence-electron chi connectivity index (χ0n) is 18.7. The van der Waals surface area contributed by atoms with E-state index in [2.05, 4.69) is 10.6 Å². The van der Waals surface area contributed by atoms with E-state index >= 15 is 0 Å². The normalized spacial score (nSPS) is 10.4. The van der Waals surface area contributed by atoms with Crippen molar-refractivity contribution in [3.63, 3.8) is 0 Å². The van der Waals surface area contributed by atoms with Gasteiger partial charge in [0.25, 0.3) is 0 Å². The maximum absolute atomic E-state index is 11.9. The van der Waals surface area contributed by atoms with Crippen LogP contribution in [0.3, 0.4) is 0 Å². The topological polar surface area (TPSA) is 103 Å². The summed E-state index contributed by atoms with van der Waals surface area (Å²) in [6.45, 7) is 5.27. The molecule has 0 radical (unpaired) electrons. The number of rotatable bonds is 16. The van der Waals surface area contributed by atoms with Crippen LogP contribution in [-0.2, 0) is 30.2 Å². The third-order valence-corrected chi connectivity index (χ3v) is 4.38. The average Bonchev–Trinajstić information content (AvgIpc) is 2.73. The van der Waals surface area contributed by atoms with E-state index in [1.165, 1.54) is 6.92 Å². The van der Waals surface area contributed by atoms with Crippen LogP contribution in [0.5, 0.6) is 0 Å². The molecule has 2 N–H and O–H groups in total. The zero-order valence-corrected chi connectivity index (χ0v) is 18.7. The molecular weight excluding hydrogens is 400 g/mol. The number of aryl methyl sites for hydroxylation is 1. The molecule has 0 aliphatic heterocycles. The van der Waals surface area contributed by atoms with Crippen molar-refractivity contribution in [1.29, 1.82) is 0 Å². The van der Waals surface area contributed by atoms with Gasteiger partial charge in [0.15, 0.2) is 0 Å². The number of ether oxygens (including phenoxy) is 3. The molecular formula is C23H36N2O6. The van der Waals surface area contributed by atoms with Gasteiger partial charge in [-0.05, 0) is 63.1 Å². The molecule has 1 aromatic rings. The van der Waals surface area contributed by atoms with Gasteiger partial charge in [0.1, 0.15) is 6.54 Å². The summed E-state index contributed by atoms with van der Waals surface area (Å²) in [6, 6.07) is 7.22. The van der Waals surface area contributed by atoms with E-state index in [1.807, 2.05) is 24.3 Å². The lowest BCUT2D eigenvalue weighted by molar-refractivity contribution is -0.142. The van der Waals surface area contributed by atoms with Gasteiger partial charge in [-0.25, -0.2) is 4.79 Å². The number of anilines is 1. The Morgan fingerprint density at radius 2 is 1.61 bits per heavy atom. The molecule has 0 fully saturated rings. The van der Waals surface area contributed by atoms with Gasteiger partial charge in [0.2, 0.25) is 0 Å². The number of amides is 2.